The number of hydrogen-bond donors (Lipinski definition) is 2. The van der Waals surface area contributed by atoms with Crippen molar-refractivity contribution >= 4 is 11.8 Å². The summed E-state index contributed by atoms with van der Waals surface area (Å²) < 4.78 is 0. The van der Waals surface area contributed by atoms with Crippen molar-refractivity contribution in [2.24, 2.45) is 0 Å². The van der Waals surface area contributed by atoms with E-state index in [-0.39, 0.29) is 38.0 Å². The first-order valence-electron chi connectivity index (χ1n) is 9.87. The highest BCUT2D eigenvalue weighted by atomic mass is 16.2. The quantitative estimate of drug-likeness (QED) is 0.350. The SMILES string of the molecule is O=C(Cn1nnc(-c2ccccc2)n1)NCCNC(=O)Cn1nnc(-c2ccccc2)n1. The summed E-state index contributed by atoms with van der Waals surface area (Å²) >= 11 is 0. The van der Waals surface area contributed by atoms with E-state index >= 15 is 0 Å². The predicted molar refractivity (Wildman–Crippen MR) is 113 cm³/mol. The molecule has 0 radical (unpaired) electrons. The number of amides is 2. The fraction of sp³-hybridized carbons (Fsp3) is 0.200. The molecule has 0 bridgehead atoms. The van der Waals surface area contributed by atoms with E-state index in [1.54, 1.807) is 0 Å². The smallest absolute Gasteiger partial charge is 0.243 e. The van der Waals surface area contributed by atoms with E-state index in [0.717, 1.165) is 11.1 Å². The second kappa shape index (κ2) is 10.0. The Kier molecular flexibility index (Phi) is 6.51. The zero-order valence-corrected chi connectivity index (χ0v) is 17.0. The molecule has 0 saturated carbocycles. The Balaban J connectivity index is 1.16. The van der Waals surface area contributed by atoms with Gasteiger partial charge in [-0.15, -0.1) is 20.4 Å². The molecule has 2 heterocycles. The number of nitrogens with zero attached hydrogens (tertiary/aromatic N) is 8. The topological polar surface area (TPSA) is 145 Å². The van der Waals surface area contributed by atoms with Gasteiger partial charge < -0.3 is 10.6 Å². The minimum absolute atomic E-state index is 0.0705. The number of rotatable bonds is 9. The Morgan fingerprint density at radius 1 is 0.656 bits per heavy atom. The molecular weight excluding hydrogens is 412 g/mol. The van der Waals surface area contributed by atoms with Crippen LogP contribution in [0.1, 0.15) is 0 Å². The number of carbonyl (C=O) groups excluding carboxylic acids is 2. The van der Waals surface area contributed by atoms with Gasteiger partial charge in [-0.1, -0.05) is 60.7 Å². The van der Waals surface area contributed by atoms with Gasteiger partial charge in [-0.3, -0.25) is 9.59 Å². The minimum atomic E-state index is -0.290. The molecule has 12 nitrogen and oxygen atoms in total. The van der Waals surface area contributed by atoms with Gasteiger partial charge in [0.2, 0.25) is 23.5 Å². The van der Waals surface area contributed by atoms with Gasteiger partial charge in [0.05, 0.1) is 0 Å². The molecule has 0 aliphatic rings. The van der Waals surface area contributed by atoms with E-state index in [1.807, 2.05) is 60.7 Å². The van der Waals surface area contributed by atoms with Crippen molar-refractivity contribution in [1.29, 1.82) is 0 Å². The van der Waals surface area contributed by atoms with Gasteiger partial charge in [0.1, 0.15) is 13.1 Å². The maximum absolute atomic E-state index is 12.0. The lowest BCUT2D eigenvalue weighted by Gasteiger charge is -2.06. The number of nitrogens with one attached hydrogen (secondary N) is 2. The molecule has 4 rings (SSSR count). The maximum atomic E-state index is 12.0. The summed E-state index contributed by atoms with van der Waals surface area (Å²) in [7, 11) is 0. The van der Waals surface area contributed by atoms with Crippen molar-refractivity contribution in [2.75, 3.05) is 13.1 Å². The van der Waals surface area contributed by atoms with E-state index in [2.05, 4.69) is 41.5 Å². The molecule has 2 amide bonds. The summed E-state index contributed by atoms with van der Waals surface area (Å²) in [5, 5.41) is 29.4. The molecule has 162 valence electrons. The molecule has 0 spiro atoms. The van der Waals surface area contributed by atoms with E-state index < -0.39 is 0 Å². The van der Waals surface area contributed by atoms with Crippen molar-refractivity contribution < 1.29 is 9.59 Å². The first-order valence-corrected chi connectivity index (χ1v) is 9.87. The second-order valence-corrected chi connectivity index (χ2v) is 6.72. The van der Waals surface area contributed by atoms with Gasteiger partial charge in [-0.25, -0.2) is 0 Å². The average Bonchev–Trinajstić information content (AvgIpc) is 3.48. The lowest BCUT2D eigenvalue weighted by atomic mass is 10.2. The van der Waals surface area contributed by atoms with Crippen LogP contribution in [0.4, 0.5) is 0 Å². The highest BCUT2D eigenvalue weighted by molar-refractivity contribution is 5.76. The zero-order valence-electron chi connectivity index (χ0n) is 17.0. The van der Waals surface area contributed by atoms with Crippen LogP contribution in [-0.4, -0.2) is 65.3 Å². The number of hydrogen-bond acceptors (Lipinski definition) is 8. The first-order chi connectivity index (χ1) is 15.7. The Bertz CT molecular complexity index is 1080. The maximum Gasteiger partial charge on any atom is 0.243 e. The van der Waals surface area contributed by atoms with Crippen LogP contribution in [0.5, 0.6) is 0 Å². The van der Waals surface area contributed by atoms with Crippen LogP contribution in [-0.2, 0) is 22.7 Å². The number of carbonyl (C=O) groups is 2. The molecule has 0 aliphatic carbocycles. The van der Waals surface area contributed by atoms with Gasteiger partial charge in [-0.05, 0) is 10.4 Å². The molecule has 32 heavy (non-hydrogen) atoms. The largest absolute Gasteiger partial charge is 0.353 e. The summed E-state index contributed by atoms with van der Waals surface area (Å²) in [6.07, 6.45) is 0. The standard InChI is InChI=1S/C20H20N10O2/c31-17(13-29-25-19(23-27-29)15-7-3-1-4-8-15)21-11-12-22-18(32)14-30-26-20(24-28-30)16-9-5-2-6-10-16/h1-10H,11-14H2,(H,21,31)(H,22,32). The van der Waals surface area contributed by atoms with Crippen LogP contribution in [0.3, 0.4) is 0 Å². The van der Waals surface area contributed by atoms with Gasteiger partial charge in [-0.2, -0.15) is 9.59 Å². The molecule has 0 aliphatic heterocycles. The summed E-state index contributed by atoms with van der Waals surface area (Å²) in [6, 6.07) is 18.7. The molecule has 12 heteroatoms. The number of aromatic nitrogens is 8. The predicted octanol–water partition coefficient (Wildman–Crippen LogP) is -0.0738. The van der Waals surface area contributed by atoms with Crippen LogP contribution in [0.2, 0.25) is 0 Å². The first kappa shape index (κ1) is 20.8. The molecule has 0 fully saturated rings. The van der Waals surface area contributed by atoms with Gasteiger partial charge >= 0.3 is 0 Å². The van der Waals surface area contributed by atoms with Crippen LogP contribution in [0, 0.1) is 0 Å². The highest BCUT2D eigenvalue weighted by Gasteiger charge is 2.10. The van der Waals surface area contributed by atoms with Crippen LogP contribution in [0.15, 0.2) is 60.7 Å². The molecule has 4 aromatic rings. The second-order valence-electron chi connectivity index (χ2n) is 6.72. The summed E-state index contributed by atoms with van der Waals surface area (Å²) in [5.74, 6) is 0.314. The van der Waals surface area contributed by atoms with Crippen molar-refractivity contribution in [2.45, 2.75) is 13.1 Å². The molecule has 2 N–H and O–H groups in total. The van der Waals surface area contributed by atoms with Crippen molar-refractivity contribution in [1.82, 2.24) is 51.0 Å². The fourth-order valence-electron chi connectivity index (χ4n) is 2.80. The third-order valence-corrected chi connectivity index (χ3v) is 4.31. The summed E-state index contributed by atoms with van der Waals surface area (Å²) in [5.41, 5.74) is 1.64. The molecule has 0 atom stereocenters. The molecule has 2 aromatic heterocycles. The van der Waals surface area contributed by atoms with Crippen molar-refractivity contribution in [3.63, 3.8) is 0 Å². The third kappa shape index (κ3) is 5.56. The normalized spacial score (nSPS) is 10.6. The number of tetrazole rings is 2. The highest BCUT2D eigenvalue weighted by Crippen LogP contribution is 2.12. The molecule has 0 saturated heterocycles. The monoisotopic (exact) mass is 432 g/mol. The third-order valence-electron chi connectivity index (χ3n) is 4.31. The fourth-order valence-corrected chi connectivity index (χ4v) is 2.80. The Morgan fingerprint density at radius 3 is 1.47 bits per heavy atom. The Hall–Kier alpha value is -4.48. The van der Waals surface area contributed by atoms with Crippen molar-refractivity contribution in [3.8, 4) is 22.8 Å². The van der Waals surface area contributed by atoms with Crippen LogP contribution < -0.4 is 10.6 Å². The van der Waals surface area contributed by atoms with Gasteiger partial charge in [0.15, 0.2) is 0 Å². The molecular formula is C20H20N10O2. The molecule has 0 unspecified atom stereocenters. The van der Waals surface area contributed by atoms with Crippen LogP contribution in [0.25, 0.3) is 22.8 Å². The minimum Gasteiger partial charge on any atom is -0.353 e. The Labute approximate surface area is 182 Å². The van der Waals surface area contributed by atoms with E-state index in [0.29, 0.717) is 11.6 Å². The van der Waals surface area contributed by atoms with E-state index in [9.17, 15) is 9.59 Å². The van der Waals surface area contributed by atoms with Gasteiger partial charge in [0, 0.05) is 24.2 Å². The van der Waals surface area contributed by atoms with E-state index in [1.165, 1.54) is 9.59 Å². The van der Waals surface area contributed by atoms with Crippen molar-refractivity contribution in [3.05, 3.63) is 60.7 Å². The zero-order chi connectivity index (χ0) is 22.2. The van der Waals surface area contributed by atoms with Crippen LogP contribution >= 0.6 is 0 Å². The lowest BCUT2D eigenvalue weighted by Crippen LogP contribution is -2.37. The lowest BCUT2D eigenvalue weighted by molar-refractivity contribution is -0.123. The number of benzene rings is 2. The summed E-state index contributed by atoms with van der Waals surface area (Å²) in [6.45, 7) is 0.369. The summed E-state index contributed by atoms with van der Waals surface area (Å²) in [4.78, 5) is 26.5. The molecule has 2 aromatic carbocycles. The van der Waals surface area contributed by atoms with Gasteiger partial charge in [0.25, 0.3) is 0 Å². The Morgan fingerprint density at radius 2 is 1.06 bits per heavy atom. The van der Waals surface area contributed by atoms with E-state index in [4.69, 9.17) is 0 Å². The average molecular weight is 432 g/mol.